The number of rotatable bonds is 5. The molecule has 2 atom stereocenters. The van der Waals surface area contributed by atoms with Gasteiger partial charge in [-0.1, -0.05) is 36.7 Å². The van der Waals surface area contributed by atoms with Crippen molar-refractivity contribution < 1.29 is 4.39 Å². The molecule has 0 aliphatic carbocycles. The van der Waals surface area contributed by atoms with Crippen LogP contribution in [0.4, 0.5) is 15.8 Å². The van der Waals surface area contributed by atoms with Crippen LogP contribution in [0.15, 0.2) is 85.2 Å². The number of nitrogens with one attached hydrogen (secondary N) is 1. The van der Waals surface area contributed by atoms with E-state index < -0.39 is 0 Å². The average Bonchev–Trinajstić information content (AvgIpc) is 3.54. The molecule has 0 bridgehead atoms. The Bertz CT molecular complexity index is 1450. The van der Waals surface area contributed by atoms with Crippen molar-refractivity contribution in [1.29, 1.82) is 0 Å². The van der Waals surface area contributed by atoms with Gasteiger partial charge in [0.25, 0.3) is 0 Å². The van der Waals surface area contributed by atoms with Crippen molar-refractivity contribution in [2.75, 3.05) is 22.9 Å². The van der Waals surface area contributed by atoms with Gasteiger partial charge >= 0.3 is 0 Å². The van der Waals surface area contributed by atoms with E-state index in [4.69, 9.17) is 23.8 Å². The quantitative estimate of drug-likeness (QED) is 0.271. The summed E-state index contributed by atoms with van der Waals surface area (Å²) in [5.74, 6) is 0.454. The smallest absolute Gasteiger partial charge is 0.174 e. The maximum atomic E-state index is 14.9. The van der Waals surface area contributed by atoms with Gasteiger partial charge in [0.05, 0.1) is 28.1 Å². The number of thiocarbonyl (C=S) groups is 1. The Morgan fingerprint density at radius 2 is 1.76 bits per heavy atom. The Labute approximate surface area is 232 Å². The van der Waals surface area contributed by atoms with E-state index in [1.54, 1.807) is 18.3 Å². The molecule has 0 amide bonds. The molecule has 2 fully saturated rings. The molecule has 194 valence electrons. The molecule has 2 aliphatic rings. The van der Waals surface area contributed by atoms with Crippen LogP contribution in [-0.2, 0) is 0 Å². The largest absolute Gasteiger partial charge is 0.370 e. The van der Waals surface area contributed by atoms with Gasteiger partial charge in [-0.3, -0.25) is 4.98 Å². The molecule has 1 N–H and O–H groups in total. The molecule has 8 heteroatoms. The van der Waals surface area contributed by atoms with Gasteiger partial charge in [0.1, 0.15) is 11.9 Å². The van der Waals surface area contributed by atoms with Gasteiger partial charge in [0.15, 0.2) is 5.11 Å². The Morgan fingerprint density at radius 3 is 2.50 bits per heavy atom. The Balaban J connectivity index is 1.43. The standard InChI is InChI=1S/C30H29ClFN5S/c1-20-13-17-35(18-14-20)25-12-11-21(19-22(25)31)37-29(28(34-30(37)38)24-8-4-5-15-33-24)27-10-6-16-36(27)26-9-3-2-7-23(26)32/h2-12,15-16,19-20,28-29H,13-14,17-18H2,1H3,(H,34,38). The van der Waals surface area contributed by atoms with E-state index in [1.165, 1.54) is 18.9 Å². The highest BCUT2D eigenvalue weighted by atomic mass is 35.5. The van der Waals surface area contributed by atoms with Gasteiger partial charge in [-0.2, -0.15) is 0 Å². The highest BCUT2D eigenvalue weighted by Gasteiger charge is 2.42. The average molecular weight is 546 g/mol. The Morgan fingerprint density at radius 1 is 0.974 bits per heavy atom. The number of para-hydroxylation sites is 1. The van der Waals surface area contributed by atoms with Gasteiger partial charge in [-0.25, -0.2) is 4.39 Å². The van der Waals surface area contributed by atoms with Crippen LogP contribution in [0.25, 0.3) is 5.69 Å². The fourth-order valence-electron chi connectivity index (χ4n) is 5.59. The van der Waals surface area contributed by atoms with Crippen molar-refractivity contribution in [3.63, 3.8) is 0 Å². The van der Waals surface area contributed by atoms with Crippen molar-refractivity contribution in [3.8, 4) is 5.69 Å². The number of piperidine rings is 1. The summed E-state index contributed by atoms with van der Waals surface area (Å²) in [7, 11) is 0. The van der Waals surface area contributed by atoms with Gasteiger partial charge in [0, 0.05) is 36.9 Å². The van der Waals surface area contributed by atoms with E-state index in [2.05, 4.69) is 39.2 Å². The van der Waals surface area contributed by atoms with E-state index in [9.17, 15) is 4.39 Å². The summed E-state index contributed by atoms with van der Waals surface area (Å²) in [6.45, 7) is 4.31. The number of hydrogen-bond acceptors (Lipinski definition) is 3. The molecular weight excluding hydrogens is 517 g/mol. The number of nitrogens with zero attached hydrogens (tertiary/aromatic N) is 4. The zero-order chi connectivity index (χ0) is 26.2. The lowest BCUT2D eigenvalue weighted by Crippen LogP contribution is -2.33. The zero-order valence-electron chi connectivity index (χ0n) is 21.1. The van der Waals surface area contributed by atoms with Gasteiger partial charge in [-0.15, -0.1) is 0 Å². The number of benzene rings is 2. The number of hydrogen-bond donors (Lipinski definition) is 1. The molecule has 4 aromatic rings. The monoisotopic (exact) mass is 545 g/mol. The lowest BCUT2D eigenvalue weighted by Gasteiger charge is -2.33. The van der Waals surface area contributed by atoms with Crippen LogP contribution in [0.5, 0.6) is 0 Å². The molecule has 5 nitrogen and oxygen atoms in total. The minimum Gasteiger partial charge on any atom is -0.370 e. The van der Waals surface area contributed by atoms with E-state index in [1.807, 2.05) is 53.2 Å². The van der Waals surface area contributed by atoms with Crippen LogP contribution >= 0.6 is 23.8 Å². The van der Waals surface area contributed by atoms with Crippen LogP contribution in [0.3, 0.4) is 0 Å². The molecule has 0 saturated carbocycles. The Hall–Kier alpha value is -3.42. The third kappa shape index (κ3) is 4.54. The summed E-state index contributed by atoms with van der Waals surface area (Å²) < 4.78 is 16.8. The summed E-state index contributed by atoms with van der Waals surface area (Å²) in [5.41, 5.74) is 4.16. The van der Waals surface area contributed by atoms with E-state index in [-0.39, 0.29) is 17.9 Å². The Kier molecular flexibility index (Phi) is 6.80. The van der Waals surface area contributed by atoms with Gasteiger partial charge in [0.2, 0.25) is 0 Å². The summed E-state index contributed by atoms with van der Waals surface area (Å²) in [4.78, 5) is 9.08. The second-order valence-electron chi connectivity index (χ2n) is 10.1. The number of anilines is 2. The summed E-state index contributed by atoms with van der Waals surface area (Å²) in [6.07, 6.45) is 6.00. The van der Waals surface area contributed by atoms with Crippen LogP contribution in [0, 0.1) is 11.7 Å². The van der Waals surface area contributed by atoms with Crippen molar-refractivity contribution in [2.24, 2.45) is 5.92 Å². The van der Waals surface area contributed by atoms with E-state index in [0.29, 0.717) is 15.8 Å². The SMILES string of the molecule is CC1CCN(c2ccc(N3C(=S)NC(c4ccccn4)C3c3cccn3-c3ccccc3F)cc2Cl)CC1. The molecular formula is C30H29ClFN5S. The minimum atomic E-state index is -0.289. The van der Waals surface area contributed by atoms with Crippen molar-refractivity contribution >= 4 is 40.3 Å². The molecule has 2 aromatic carbocycles. The molecule has 6 rings (SSSR count). The molecule has 2 aromatic heterocycles. The fourth-order valence-corrected chi connectivity index (χ4v) is 6.23. The van der Waals surface area contributed by atoms with Crippen molar-refractivity contribution in [1.82, 2.24) is 14.9 Å². The number of pyridine rings is 1. The van der Waals surface area contributed by atoms with E-state index >= 15 is 0 Å². The molecule has 2 unspecified atom stereocenters. The van der Waals surface area contributed by atoms with Crippen LogP contribution in [0.1, 0.15) is 43.2 Å². The van der Waals surface area contributed by atoms with Gasteiger partial charge in [-0.05, 0) is 85.6 Å². The predicted octanol–water partition coefficient (Wildman–Crippen LogP) is 7.08. The first-order chi connectivity index (χ1) is 18.5. The molecule has 4 heterocycles. The third-order valence-corrected chi connectivity index (χ3v) is 8.24. The van der Waals surface area contributed by atoms with Crippen LogP contribution in [0.2, 0.25) is 5.02 Å². The molecule has 2 saturated heterocycles. The fraction of sp³-hybridized carbons (Fsp3) is 0.267. The van der Waals surface area contributed by atoms with Crippen molar-refractivity contribution in [3.05, 3.63) is 107 Å². The molecule has 2 aliphatic heterocycles. The maximum absolute atomic E-state index is 14.9. The van der Waals surface area contributed by atoms with Crippen LogP contribution in [-0.4, -0.2) is 27.8 Å². The highest BCUT2D eigenvalue weighted by Crippen LogP contribution is 2.44. The summed E-state index contributed by atoms with van der Waals surface area (Å²) in [6, 6.07) is 22.2. The number of halogens is 2. The molecule has 0 radical (unpaired) electrons. The lowest BCUT2D eigenvalue weighted by molar-refractivity contribution is 0.438. The van der Waals surface area contributed by atoms with Gasteiger partial charge < -0.3 is 19.7 Å². The predicted molar refractivity (Wildman–Crippen MR) is 156 cm³/mol. The third-order valence-electron chi connectivity index (χ3n) is 7.63. The van der Waals surface area contributed by atoms with Crippen LogP contribution < -0.4 is 15.1 Å². The topological polar surface area (TPSA) is 36.3 Å². The second kappa shape index (κ2) is 10.4. The molecule has 0 spiro atoms. The first-order valence-corrected chi connectivity index (χ1v) is 13.8. The lowest BCUT2D eigenvalue weighted by atomic mass is 9.98. The maximum Gasteiger partial charge on any atom is 0.174 e. The highest BCUT2D eigenvalue weighted by molar-refractivity contribution is 7.80. The first kappa shape index (κ1) is 24.9. The minimum absolute atomic E-state index is 0.244. The summed E-state index contributed by atoms with van der Waals surface area (Å²) >= 11 is 12.8. The zero-order valence-corrected chi connectivity index (χ0v) is 22.7. The number of aromatic nitrogens is 2. The molecule has 38 heavy (non-hydrogen) atoms. The second-order valence-corrected chi connectivity index (χ2v) is 10.9. The van der Waals surface area contributed by atoms with E-state index in [0.717, 1.165) is 41.8 Å². The first-order valence-electron chi connectivity index (χ1n) is 13.0. The normalized spacial score (nSPS) is 20.1. The van der Waals surface area contributed by atoms with Crippen molar-refractivity contribution in [2.45, 2.75) is 31.8 Å². The summed E-state index contributed by atoms with van der Waals surface area (Å²) in [5, 5.41) is 4.76.